The molecule has 0 bridgehead atoms. The molecule has 1 unspecified atom stereocenters. The standard InChI is InChI=1S/C29H34N4O5.ClH/c1-4-25-28(32(19-34)23-14-16-31(17-15-23)18-21-8-6-5-7-9-21)27(26(20(2)30-25)29(35)38-3)22-10-12-24(13-11-22)33(36)37;/h5-13,19,23,27,30H,4,14-18H2,1-3H3;1H. The molecule has 9 nitrogen and oxygen atoms in total. The zero-order valence-corrected chi connectivity index (χ0v) is 23.3. The Hall–Kier alpha value is -3.69. The summed E-state index contributed by atoms with van der Waals surface area (Å²) in [6.45, 7) is 6.35. The van der Waals surface area contributed by atoms with E-state index in [4.69, 9.17) is 4.74 Å². The average molecular weight is 555 g/mol. The fourth-order valence-corrected chi connectivity index (χ4v) is 5.49. The third-order valence-corrected chi connectivity index (χ3v) is 7.40. The van der Waals surface area contributed by atoms with Gasteiger partial charge < -0.3 is 15.0 Å². The lowest BCUT2D eigenvalue weighted by atomic mass is 9.82. The van der Waals surface area contributed by atoms with Gasteiger partial charge in [-0.25, -0.2) is 4.79 Å². The molecule has 1 atom stereocenters. The molecule has 10 heteroatoms. The number of halogens is 1. The van der Waals surface area contributed by atoms with Gasteiger partial charge in [0.25, 0.3) is 5.69 Å². The van der Waals surface area contributed by atoms with Crippen molar-refractivity contribution in [3.05, 3.63) is 98.5 Å². The van der Waals surface area contributed by atoms with E-state index in [1.807, 2.05) is 32.0 Å². The molecule has 1 amide bonds. The van der Waals surface area contributed by atoms with Crippen LogP contribution in [0.2, 0.25) is 0 Å². The number of nitro groups is 1. The van der Waals surface area contributed by atoms with Crippen molar-refractivity contribution < 1.29 is 19.2 Å². The molecule has 1 saturated heterocycles. The minimum absolute atomic E-state index is 0. The molecule has 0 aliphatic carbocycles. The quantitative estimate of drug-likeness (QED) is 0.203. The normalized spacial score (nSPS) is 18.2. The number of esters is 1. The highest BCUT2D eigenvalue weighted by atomic mass is 35.5. The maximum absolute atomic E-state index is 13.0. The number of non-ortho nitro benzene ring substituents is 1. The molecule has 2 aromatic rings. The minimum Gasteiger partial charge on any atom is -0.466 e. The van der Waals surface area contributed by atoms with Gasteiger partial charge in [0.05, 0.1) is 29.2 Å². The number of ether oxygens (including phenoxy) is 1. The highest BCUT2D eigenvalue weighted by Gasteiger charge is 2.39. The summed E-state index contributed by atoms with van der Waals surface area (Å²) < 4.78 is 5.14. The molecule has 0 saturated carbocycles. The Bertz CT molecular complexity index is 1240. The van der Waals surface area contributed by atoms with Crippen molar-refractivity contribution in [2.45, 2.75) is 51.6 Å². The first kappa shape index (κ1) is 29.9. The summed E-state index contributed by atoms with van der Waals surface area (Å²) in [5.74, 6) is -1.11. The molecule has 2 aliphatic heterocycles. The zero-order valence-electron chi connectivity index (χ0n) is 22.5. The van der Waals surface area contributed by atoms with Crippen LogP contribution in [0.15, 0.2) is 77.3 Å². The Morgan fingerprint density at radius 2 is 1.79 bits per heavy atom. The van der Waals surface area contributed by atoms with Crippen LogP contribution < -0.4 is 5.32 Å². The van der Waals surface area contributed by atoms with Gasteiger partial charge in [-0.15, -0.1) is 12.4 Å². The SMILES string of the molecule is CCC1=C(N(C=O)C2CCN(Cc3ccccc3)CC2)C(c2ccc([N+](=O)[O-])cc2)C(C(=O)OC)=C(C)N1.Cl. The highest BCUT2D eigenvalue weighted by Crippen LogP contribution is 2.42. The number of amides is 1. The Kier molecular flexibility index (Phi) is 10.3. The molecule has 2 aliphatic rings. The van der Waals surface area contributed by atoms with E-state index in [-0.39, 0.29) is 24.1 Å². The van der Waals surface area contributed by atoms with Gasteiger partial charge in [-0.1, -0.05) is 49.4 Å². The van der Waals surface area contributed by atoms with Gasteiger partial charge in [0.2, 0.25) is 6.41 Å². The van der Waals surface area contributed by atoms with E-state index in [2.05, 4.69) is 22.3 Å². The van der Waals surface area contributed by atoms with Crippen molar-refractivity contribution in [3.63, 3.8) is 0 Å². The molecular formula is C29H35ClN4O5. The predicted molar refractivity (Wildman–Crippen MR) is 151 cm³/mol. The summed E-state index contributed by atoms with van der Waals surface area (Å²) in [6.07, 6.45) is 3.05. The van der Waals surface area contributed by atoms with E-state index in [1.165, 1.54) is 24.8 Å². The van der Waals surface area contributed by atoms with Crippen molar-refractivity contribution in [1.82, 2.24) is 15.1 Å². The molecule has 39 heavy (non-hydrogen) atoms. The van der Waals surface area contributed by atoms with Gasteiger partial charge in [0, 0.05) is 49.2 Å². The number of carbonyl (C=O) groups is 2. The van der Waals surface area contributed by atoms with Crippen molar-refractivity contribution in [2.75, 3.05) is 20.2 Å². The van der Waals surface area contributed by atoms with Crippen LogP contribution in [-0.4, -0.2) is 53.3 Å². The van der Waals surface area contributed by atoms with Crippen molar-refractivity contribution in [2.24, 2.45) is 0 Å². The van der Waals surface area contributed by atoms with Crippen LogP contribution in [-0.2, 0) is 20.9 Å². The maximum Gasteiger partial charge on any atom is 0.336 e. The van der Waals surface area contributed by atoms with Crippen LogP contribution >= 0.6 is 12.4 Å². The lowest BCUT2D eigenvalue weighted by Gasteiger charge is -2.42. The highest BCUT2D eigenvalue weighted by molar-refractivity contribution is 5.92. The topological polar surface area (TPSA) is 105 Å². The molecule has 1 fully saturated rings. The van der Waals surface area contributed by atoms with E-state index in [0.717, 1.165) is 44.6 Å². The average Bonchev–Trinajstić information content (AvgIpc) is 2.94. The molecule has 2 heterocycles. The van der Waals surface area contributed by atoms with Crippen molar-refractivity contribution >= 4 is 30.5 Å². The van der Waals surface area contributed by atoms with E-state index in [0.29, 0.717) is 29.0 Å². The predicted octanol–water partition coefficient (Wildman–Crippen LogP) is 4.90. The minimum atomic E-state index is -0.605. The monoisotopic (exact) mass is 554 g/mol. The number of dihydropyridines is 1. The van der Waals surface area contributed by atoms with Crippen LogP contribution in [0, 0.1) is 10.1 Å². The van der Waals surface area contributed by atoms with Crippen LogP contribution in [0.4, 0.5) is 5.69 Å². The summed E-state index contributed by atoms with van der Waals surface area (Å²) >= 11 is 0. The third kappa shape index (κ3) is 6.49. The number of likely N-dealkylation sites (tertiary alicyclic amines) is 1. The van der Waals surface area contributed by atoms with Gasteiger partial charge in [-0.2, -0.15) is 0 Å². The number of rotatable bonds is 9. The molecular weight excluding hydrogens is 520 g/mol. The summed E-state index contributed by atoms with van der Waals surface area (Å²) in [5, 5.41) is 14.6. The van der Waals surface area contributed by atoms with Crippen LogP contribution in [0.5, 0.6) is 0 Å². The third-order valence-electron chi connectivity index (χ3n) is 7.40. The van der Waals surface area contributed by atoms with Crippen LogP contribution in [0.1, 0.15) is 50.2 Å². The Balaban J connectivity index is 0.00000420. The van der Waals surface area contributed by atoms with Crippen LogP contribution in [0.25, 0.3) is 0 Å². The summed E-state index contributed by atoms with van der Waals surface area (Å²) in [5.41, 5.74) is 4.48. The summed E-state index contributed by atoms with van der Waals surface area (Å²) in [7, 11) is 1.33. The van der Waals surface area contributed by atoms with E-state index < -0.39 is 16.8 Å². The Labute approximate surface area is 235 Å². The molecule has 1 N–H and O–H groups in total. The first-order chi connectivity index (χ1) is 18.4. The zero-order chi connectivity index (χ0) is 27.2. The number of hydrogen-bond acceptors (Lipinski definition) is 7. The lowest BCUT2D eigenvalue weighted by molar-refractivity contribution is -0.384. The fraction of sp³-hybridized carbons (Fsp3) is 0.379. The van der Waals surface area contributed by atoms with Gasteiger partial charge >= 0.3 is 5.97 Å². The molecule has 0 aromatic heterocycles. The second kappa shape index (κ2) is 13.4. The van der Waals surface area contributed by atoms with Crippen LogP contribution in [0.3, 0.4) is 0 Å². The van der Waals surface area contributed by atoms with Gasteiger partial charge in [-0.3, -0.25) is 19.8 Å². The first-order valence-electron chi connectivity index (χ1n) is 12.9. The van der Waals surface area contributed by atoms with Crippen molar-refractivity contribution in [1.29, 1.82) is 0 Å². The number of carbonyl (C=O) groups excluding carboxylic acids is 2. The van der Waals surface area contributed by atoms with Crippen molar-refractivity contribution in [3.8, 4) is 0 Å². The van der Waals surface area contributed by atoms with E-state index in [9.17, 15) is 19.7 Å². The second-order valence-electron chi connectivity index (χ2n) is 9.66. The summed E-state index contributed by atoms with van der Waals surface area (Å²) in [6, 6.07) is 16.4. The van der Waals surface area contributed by atoms with Gasteiger partial charge in [-0.05, 0) is 37.3 Å². The van der Waals surface area contributed by atoms with E-state index >= 15 is 0 Å². The van der Waals surface area contributed by atoms with Gasteiger partial charge in [0.1, 0.15) is 0 Å². The Morgan fingerprint density at radius 1 is 1.15 bits per heavy atom. The maximum atomic E-state index is 13.0. The number of allylic oxidation sites excluding steroid dienone is 3. The number of nitro benzene ring substituents is 1. The smallest absolute Gasteiger partial charge is 0.336 e. The lowest BCUT2D eigenvalue weighted by Crippen LogP contribution is -2.46. The number of nitrogens with one attached hydrogen (secondary N) is 1. The molecule has 0 radical (unpaired) electrons. The molecule has 208 valence electrons. The molecule has 0 spiro atoms. The number of piperidine rings is 1. The largest absolute Gasteiger partial charge is 0.466 e. The number of nitrogens with zero attached hydrogens (tertiary/aromatic N) is 3. The van der Waals surface area contributed by atoms with E-state index in [1.54, 1.807) is 17.0 Å². The first-order valence-corrected chi connectivity index (χ1v) is 12.9. The molecule has 4 rings (SSSR count). The number of hydrogen-bond donors (Lipinski definition) is 1. The number of methoxy groups -OCH3 is 1. The second-order valence-corrected chi connectivity index (χ2v) is 9.66. The number of benzene rings is 2. The fourth-order valence-electron chi connectivity index (χ4n) is 5.49. The van der Waals surface area contributed by atoms with Gasteiger partial charge in [0.15, 0.2) is 0 Å². The Morgan fingerprint density at radius 3 is 2.33 bits per heavy atom. The molecule has 2 aromatic carbocycles. The summed E-state index contributed by atoms with van der Waals surface area (Å²) in [4.78, 5) is 40.7.